The first-order chi connectivity index (χ1) is 15.5. The van der Waals surface area contributed by atoms with Crippen LogP contribution in [0.4, 0.5) is 0 Å². The van der Waals surface area contributed by atoms with Crippen molar-refractivity contribution in [3.63, 3.8) is 0 Å². The van der Waals surface area contributed by atoms with Gasteiger partial charge in [-0.3, -0.25) is 24.4 Å². The first-order valence-corrected chi connectivity index (χ1v) is 10.4. The molecule has 1 aromatic carbocycles. The van der Waals surface area contributed by atoms with Crippen LogP contribution in [0.25, 0.3) is 10.9 Å². The van der Waals surface area contributed by atoms with Crippen LogP contribution < -0.4 is 4.74 Å². The van der Waals surface area contributed by atoms with Gasteiger partial charge in [0.05, 0.1) is 7.11 Å². The molecule has 9 nitrogen and oxygen atoms in total. The Balaban J connectivity index is 1.60. The molecule has 0 aliphatic carbocycles. The van der Waals surface area contributed by atoms with Gasteiger partial charge in [-0.05, 0) is 35.9 Å². The molecular formula is C23H26N4O5. The molecular weight excluding hydrogens is 412 g/mol. The lowest BCUT2D eigenvalue weighted by atomic mass is 10.0. The van der Waals surface area contributed by atoms with E-state index in [1.165, 1.54) is 5.56 Å². The average Bonchev–Trinajstić information content (AvgIpc) is 3.12. The van der Waals surface area contributed by atoms with Crippen LogP contribution in [-0.2, 0) is 22.7 Å². The summed E-state index contributed by atoms with van der Waals surface area (Å²) in [6.45, 7) is 3.22. The van der Waals surface area contributed by atoms with Crippen molar-refractivity contribution in [3.8, 4) is 5.75 Å². The minimum atomic E-state index is -0.985. The van der Waals surface area contributed by atoms with E-state index in [4.69, 9.17) is 4.74 Å². The molecule has 1 atom stereocenters. The molecule has 3 heterocycles. The van der Waals surface area contributed by atoms with Crippen molar-refractivity contribution >= 4 is 22.8 Å². The molecule has 0 amide bonds. The molecule has 9 heteroatoms. The predicted molar refractivity (Wildman–Crippen MR) is 118 cm³/mol. The minimum absolute atomic E-state index is 0.241. The number of benzene rings is 1. The Morgan fingerprint density at radius 3 is 2.44 bits per heavy atom. The molecule has 0 radical (unpaired) electrons. The molecule has 0 saturated carbocycles. The number of fused-ring (bicyclic) bond motifs is 1. The van der Waals surface area contributed by atoms with Gasteiger partial charge in [0.15, 0.2) is 0 Å². The van der Waals surface area contributed by atoms with Gasteiger partial charge in [-0.15, -0.1) is 0 Å². The quantitative estimate of drug-likeness (QED) is 0.550. The summed E-state index contributed by atoms with van der Waals surface area (Å²) in [5, 5.41) is 20.1. The Hall–Kier alpha value is -3.43. The van der Waals surface area contributed by atoms with Crippen LogP contribution >= 0.6 is 0 Å². The summed E-state index contributed by atoms with van der Waals surface area (Å²) >= 11 is 0. The van der Waals surface area contributed by atoms with Crippen molar-refractivity contribution in [2.75, 3.05) is 33.3 Å². The maximum atomic E-state index is 12.4. The number of ether oxygens (including phenoxy) is 1. The van der Waals surface area contributed by atoms with E-state index in [0.29, 0.717) is 35.3 Å². The number of carboxylic acid groups (broad SMARTS) is 2. The van der Waals surface area contributed by atoms with Crippen molar-refractivity contribution < 1.29 is 24.5 Å². The van der Waals surface area contributed by atoms with Crippen LogP contribution in [0.5, 0.6) is 5.75 Å². The van der Waals surface area contributed by atoms with Crippen molar-refractivity contribution in [3.05, 3.63) is 60.0 Å². The molecule has 1 saturated heterocycles. The summed E-state index contributed by atoms with van der Waals surface area (Å²) in [5.74, 6) is -1.34. The topological polar surface area (TPSA) is 108 Å². The zero-order valence-corrected chi connectivity index (χ0v) is 17.8. The van der Waals surface area contributed by atoms with Crippen LogP contribution in [0.15, 0.2) is 48.9 Å². The lowest BCUT2D eigenvalue weighted by Crippen LogP contribution is -2.48. The third-order valence-corrected chi connectivity index (χ3v) is 5.88. The highest BCUT2D eigenvalue weighted by molar-refractivity contribution is 5.91. The van der Waals surface area contributed by atoms with E-state index in [0.717, 1.165) is 19.6 Å². The number of aliphatic carboxylic acids is 2. The number of hydrogen-bond acceptors (Lipinski definition) is 6. The van der Waals surface area contributed by atoms with Gasteiger partial charge in [0.25, 0.3) is 0 Å². The molecule has 1 fully saturated rings. The molecule has 0 bridgehead atoms. The van der Waals surface area contributed by atoms with Gasteiger partial charge < -0.3 is 19.5 Å². The minimum Gasteiger partial charge on any atom is -0.497 e. The summed E-state index contributed by atoms with van der Waals surface area (Å²) in [4.78, 5) is 32.0. The smallest absolute Gasteiger partial charge is 0.325 e. The Morgan fingerprint density at radius 1 is 1.09 bits per heavy atom. The van der Waals surface area contributed by atoms with E-state index >= 15 is 0 Å². The lowest BCUT2D eigenvalue weighted by molar-refractivity contribution is -0.144. The fraction of sp³-hybridized carbons (Fsp3) is 0.348. The number of carboxylic acids is 2. The Morgan fingerprint density at radius 2 is 1.81 bits per heavy atom. The van der Waals surface area contributed by atoms with Crippen molar-refractivity contribution in [1.82, 2.24) is 19.4 Å². The number of rotatable bonds is 8. The van der Waals surface area contributed by atoms with Crippen LogP contribution in [0.1, 0.15) is 17.2 Å². The summed E-state index contributed by atoms with van der Waals surface area (Å²) in [7, 11) is 1.55. The predicted octanol–water partition coefficient (Wildman–Crippen LogP) is 2.07. The van der Waals surface area contributed by atoms with Crippen LogP contribution in [0.3, 0.4) is 0 Å². The molecule has 1 unspecified atom stereocenters. The van der Waals surface area contributed by atoms with Gasteiger partial charge in [-0.1, -0.05) is 0 Å². The van der Waals surface area contributed by atoms with E-state index < -0.39 is 18.0 Å². The molecule has 3 aromatic rings. The largest absolute Gasteiger partial charge is 0.497 e. The third-order valence-electron chi connectivity index (χ3n) is 5.88. The fourth-order valence-electron chi connectivity index (χ4n) is 4.34. The normalized spacial score (nSPS) is 16.2. The van der Waals surface area contributed by atoms with E-state index in [-0.39, 0.29) is 6.54 Å². The lowest BCUT2D eigenvalue weighted by Gasteiger charge is -2.37. The second-order valence-corrected chi connectivity index (χ2v) is 7.90. The molecule has 4 rings (SSSR count). The van der Waals surface area contributed by atoms with Gasteiger partial charge in [0, 0.05) is 67.8 Å². The van der Waals surface area contributed by atoms with Crippen LogP contribution in [0, 0.1) is 0 Å². The van der Waals surface area contributed by atoms with Crippen molar-refractivity contribution in [1.29, 1.82) is 0 Å². The maximum Gasteiger partial charge on any atom is 0.325 e. The number of hydrogen-bond donors (Lipinski definition) is 2. The number of nitrogens with zero attached hydrogens (tertiary/aromatic N) is 4. The number of carbonyl (C=O) groups is 2. The number of piperazine rings is 1. The second-order valence-electron chi connectivity index (χ2n) is 7.90. The number of pyridine rings is 1. The highest BCUT2D eigenvalue weighted by Gasteiger charge is 2.33. The summed E-state index contributed by atoms with van der Waals surface area (Å²) in [5.41, 5.74) is 2.42. The van der Waals surface area contributed by atoms with E-state index in [9.17, 15) is 19.8 Å². The monoisotopic (exact) mass is 438 g/mol. The van der Waals surface area contributed by atoms with E-state index in [2.05, 4.69) is 9.88 Å². The molecule has 1 aliphatic heterocycles. The highest BCUT2D eigenvalue weighted by atomic mass is 16.5. The Kier molecular flexibility index (Phi) is 6.38. The van der Waals surface area contributed by atoms with E-state index in [1.807, 2.05) is 17.0 Å². The molecule has 0 spiro atoms. The molecule has 32 heavy (non-hydrogen) atoms. The standard InChI is InChI=1S/C23H26N4O5/c1-32-17-2-3-20-18(12-17)19(14-27(20)15-21(28)29)22(23(30)31)26-10-8-25(9-11-26)13-16-4-6-24-7-5-16/h2-7,12,14,22H,8-11,13,15H2,1H3,(H,28,29)(H,30,31). The molecule has 168 valence electrons. The molecule has 1 aliphatic rings. The first-order valence-electron chi connectivity index (χ1n) is 10.4. The summed E-state index contributed by atoms with van der Waals surface area (Å²) in [6.07, 6.45) is 5.20. The second kappa shape index (κ2) is 9.37. The highest BCUT2D eigenvalue weighted by Crippen LogP contribution is 2.33. The third kappa shape index (κ3) is 4.58. The van der Waals surface area contributed by atoms with Gasteiger partial charge in [-0.2, -0.15) is 0 Å². The Bertz CT molecular complexity index is 1110. The van der Waals surface area contributed by atoms with Gasteiger partial charge in [0.1, 0.15) is 18.3 Å². The SMILES string of the molecule is COc1ccc2c(c1)c(C(C(=O)O)N1CCN(Cc3ccncc3)CC1)cn2CC(=O)O. The van der Waals surface area contributed by atoms with E-state index in [1.54, 1.807) is 48.5 Å². The van der Waals surface area contributed by atoms with Crippen molar-refractivity contribution in [2.24, 2.45) is 0 Å². The van der Waals surface area contributed by atoms with Gasteiger partial charge in [-0.25, -0.2) is 0 Å². The fourth-order valence-corrected chi connectivity index (χ4v) is 4.34. The summed E-state index contributed by atoms with van der Waals surface area (Å²) in [6, 6.07) is 8.39. The number of methoxy groups -OCH3 is 1. The van der Waals surface area contributed by atoms with Crippen molar-refractivity contribution in [2.45, 2.75) is 19.1 Å². The van der Waals surface area contributed by atoms with Crippen LogP contribution in [-0.4, -0.2) is 74.8 Å². The van der Waals surface area contributed by atoms with Gasteiger partial charge in [0.2, 0.25) is 0 Å². The maximum absolute atomic E-state index is 12.4. The molecule has 2 aromatic heterocycles. The first kappa shape index (κ1) is 21.8. The zero-order valence-electron chi connectivity index (χ0n) is 17.8. The zero-order chi connectivity index (χ0) is 22.7. The number of aromatic nitrogens is 2. The van der Waals surface area contributed by atoms with Gasteiger partial charge >= 0.3 is 11.9 Å². The summed E-state index contributed by atoms with van der Waals surface area (Å²) < 4.78 is 6.91. The average molecular weight is 438 g/mol. The Labute approximate surface area is 185 Å². The molecule has 2 N–H and O–H groups in total. The van der Waals surface area contributed by atoms with Crippen LogP contribution in [0.2, 0.25) is 0 Å².